The highest BCUT2D eigenvalue weighted by Gasteiger charge is 2.23. The van der Waals surface area contributed by atoms with E-state index in [1.54, 1.807) is 30.3 Å². The second-order valence-electron chi connectivity index (χ2n) is 7.30. The summed E-state index contributed by atoms with van der Waals surface area (Å²) in [4.78, 5) is 37.5. The number of rotatable bonds is 6. The van der Waals surface area contributed by atoms with E-state index in [9.17, 15) is 9.59 Å². The number of benzene rings is 1. The third kappa shape index (κ3) is 4.20. The van der Waals surface area contributed by atoms with E-state index in [0.717, 1.165) is 5.13 Å². The summed E-state index contributed by atoms with van der Waals surface area (Å²) >= 11 is 1.35. The monoisotopic (exact) mass is 467 g/mol. The number of methoxy groups -OCH3 is 1. The molecular formula is C22H21N5O5S. The number of hydrogen-bond acceptors (Lipinski definition) is 9. The predicted molar refractivity (Wildman–Crippen MR) is 124 cm³/mol. The van der Waals surface area contributed by atoms with Gasteiger partial charge in [0.1, 0.15) is 28.3 Å². The molecule has 0 spiro atoms. The van der Waals surface area contributed by atoms with Gasteiger partial charge in [-0.05, 0) is 24.3 Å². The molecule has 1 aliphatic rings. The molecule has 170 valence electrons. The first-order chi connectivity index (χ1) is 16.1. The van der Waals surface area contributed by atoms with Crippen molar-refractivity contribution in [1.82, 2.24) is 14.5 Å². The van der Waals surface area contributed by atoms with Crippen LogP contribution in [0.5, 0.6) is 5.75 Å². The summed E-state index contributed by atoms with van der Waals surface area (Å²) in [7, 11) is 1.53. The zero-order valence-electron chi connectivity index (χ0n) is 17.8. The van der Waals surface area contributed by atoms with E-state index in [1.165, 1.54) is 29.3 Å². The number of aromatic nitrogens is 3. The highest BCUT2D eigenvalue weighted by molar-refractivity contribution is 7.22. The second kappa shape index (κ2) is 9.04. The van der Waals surface area contributed by atoms with Crippen molar-refractivity contribution in [1.29, 1.82) is 0 Å². The SMILES string of the molecule is COc1ccccc1NC(=O)Cn1c(=O)nc(-c2ccco2)c2nc(N3CCOCC3)sc21. The van der Waals surface area contributed by atoms with Crippen molar-refractivity contribution in [2.24, 2.45) is 0 Å². The molecule has 5 rings (SSSR count). The third-order valence-electron chi connectivity index (χ3n) is 5.22. The molecular weight excluding hydrogens is 446 g/mol. The standard InChI is InChI=1S/C22H21N5O5S/c1-30-15-6-3-2-5-14(15)23-17(28)13-27-20-19(18(24-21(27)29)16-7-4-10-32-16)25-22(33-20)26-8-11-31-12-9-26/h2-7,10H,8-9,11-13H2,1H3,(H,23,28). The lowest BCUT2D eigenvalue weighted by molar-refractivity contribution is -0.116. The van der Waals surface area contributed by atoms with Crippen molar-refractivity contribution < 1.29 is 18.7 Å². The van der Waals surface area contributed by atoms with Gasteiger partial charge in [0, 0.05) is 13.1 Å². The largest absolute Gasteiger partial charge is 0.495 e. The molecule has 10 nitrogen and oxygen atoms in total. The Bertz CT molecular complexity index is 1340. The number of anilines is 2. The molecule has 1 aliphatic heterocycles. The Labute approximate surface area is 192 Å². The van der Waals surface area contributed by atoms with E-state index in [2.05, 4.69) is 15.2 Å². The highest BCUT2D eigenvalue weighted by atomic mass is 32.1. The van der Waals surface area contributed by atoms with Gasteiger partial charge >= 0.3 is 5.69 Å². The molecule has 1 saturated heterocycles. The number of nitrogens with one attached hydrogen (secondary N) is 1. The van der Waals surface area contributed by atoms with Gasteiger partial charge in [0.25, 0.3) is 0 Å². The Kier molecular flexibility index (Phi) is 5.80. The summed E-state index contributed by atoms with van der Waals surface area (Å²) in [6.45, 7) is 2.38. The third-order valence-corrected chi connectivity index (χ3v) is 6.36. The molecule has 0 atom stereocenters. The lowest BCUT2D eigenvalue weighted by Gasteiger charge is -2.25. The Morgan fingerprint density at radius 2 is 2.00 bits per heavy atom. The number of fused-ring (bicyclic) bond motifs is 1. The van der Waals surface area contributed by atoms with Crippen LogP contribution in [-0.2, 0) is 16.1 Å². The molecule has 0 bridgehead atoms. The number of nitrogens with zero attached hydrogens (tertiary/aromatic N) is 4. The van der Waals surface area contributed by atoms with Crippen LogP contribution >= 0.6 is 11.3 Å². The van der Waals surface area contributed by atoms with Gasteiger partial charge in [0.05, 0.1) is 32.3 Å². The maximum atomic E-state index is 13.0. The van der Waals surface area contributed by atoms with Gasteiger partial charge in [-0.3, -0.25) is 9.36 Å². The van der Waals surface area contributed by atoms with Crippen LogP contribution in [0.1, 0.15) is 0 Å². The summed E-state index contributed by atoms with van der Waals surface area (Å²) < 4.78 is 17.6. The maximum Gasteiger partial charge on any atom is 0.349 e. The molecule has 0 unspecified atom stereocenters. The van der Waals surface area contributed by atoms with Crippen LogP contribution in [-0.4, -0.2) is 53.9 Å². The van der Waals surface area contributed by atoms with E-state index in [1.807, 2.05) is 6.07 Å². The minimum absolute atomic E-state index is 0.219. The molecule has 33 heavy (non-hydrogen) atoms. The Hall–Kier alpha value is -3.70. The second-order valence-corrected chi connectivity index (χ2v) is 8.26. The molecule has 4 heterocycles. The minimum atomic E-state index is -0.554. The number of hydrogen-bond donors (Lipinski definition) is 1. The molecule has 4 aromatic rings. The Morgan fingerprint density at radius 1 is 1.18 bits per heavy atom. The number of thiazole rings is 1. The lowest BCUT2D eigenvalue weighted by Crippen LogP contribution is -2.36. The van der Waals surface area contributed by atoms with E-state index >= 15 is 0 Å². The topological polar surface area (TPSA) is 112 Å². The number of carbonyl (C=O) groups excluding carboxylic acids is 1. The first-order valence-corrected chi connectivity index (χ1v) is 11.2. The van der Waals surface area contributed by atoms with Gasteiger partial charge in [0.15, 0.2) is 10.9 Å². The fourth-order valence-electron chi connectivity index (χ4n) is 3.63. The van der Waals surface area contributed by atoms with Crippen molar-refractivity contribution in [3.63, 3.8) is 0 Å². The fourth-order valence-corrected chi connectivity index (χ4v) is 4.74. The first-order valence-electron chi connectivity index (χ1n) is 10.3. The van der Waals surface area contributed by atoms with Crippen LogP contribution in [0, 0.1) is 0 Å². The van der Waals surface area contributed by atoms with Gasteiger partial charge in [0.2, 0.25) is 5.91 Å². The zero-order chi connectivity index (χ0) is 22.8. The molecule has 1 N–H and O–H groups in total. The van der Waals surface area contributed by atoms with E-state index in [-0.39, 0.29) is 12.5 Å². The number of furan rings is 1. The molecule has 11 heteroatoms. The lowest BCUT2D eigenvalue weighted by atomic mass is 10.3. The van der Waals surface area contributed by atoms with Gasteiger partial charge in [-0.2, -0.15) is 4.98 Å². The van der Waals surface area contributed by atoms with Crippen LogP contribution < -0.4 is 20.6 Å². The van der Waals surface area contributed by atoms with Crippen molar-refractivity contribution in [3.05, 3.63) is 53.1 Å². The number of amides is 1. The molecule has 1 aromatic carbocycles. The zero-order valence-corrected chi connectivity index (χ0v) is 18.6. The molecule has 0 radical (unpaired) electrons. The first kappa shape index (κ1) is 21.2. The van der Waals surface area contributed by atoms with E-state index < -0.39 is 5.69 Å². The summed E-state index contributed by atoms with van der Waals surface area (Å²) in [6, 6.07) is 10.5. The van der Waals surface area contributed by atoms with Crippen molar-refractivity contribution in [3.8, 4) is 17.2 Å². The molecule has 0 aliphatic carbocycles. The number of ether oxygens (including phenoxy) is 2. The minimum Gasteiger partial charge on any atom is -0.495 e. The number of morpholine rings is 1. The smallest absolute Gasteiger partial charge is 0.349 e. The van der Waals surface area contributed by atoms with Crippen LogP contribution in [0.25, 0.3) is 21.8 Å². The van der Waals surface area contributed by atoms with Crippen molar-refractivity contribution in [2.75, 3.05) is 43.6 Å². The normalized spacial score (nSPS) is 13.9. The number of para-hydroxylation sites is 2. The van der Waals surface area contributed by atoms with E-state index in [0.29, 0.717) is 59.5 Å². The Morgan fingerprint density at radius 3 is 2.76 bits per heavy atom. The molecule has 1 amide bonds. The van der Waals surface area contributed by atoms with Gasteiger partial charge in [-0.25, -0.2) is 9.78 Å². The average molecular weight is 468 g/mol. The van der Waals surface area contributed by atoms with Gasteiger partial charge < -0.3 is 24.1 Å². The quantitative estimate of drug-likeness (QED) is 0.461. The average Bonchev–Trinajstić information content (AvgIpc) is 3.52. The molecule has 1 fully saturated rings. The fraction of sp³-hybridized carbons (Fsp3) is 0.273. The van der Waals surface area contributed by atoms with Crippen LogP contribution in [0.4, 0.5) is 10.8 Å². The van der Waals surface area contributed by atoms with Crippen LogP contribution in [0.2, 0.25) is 0 Å². The maximum absolute atomic E-state index is 13.0. The predicted octanol–water partition coefficient (Wildman–Crippen LogP) is 2.60. The summed E-state index contributed by atoms with van der Waals surface area (Å²) in [6.07, 6.45) is 1.52. The van der Waals surface area contributed by atoms with Crippen LogP contribution in [0.3, 0.4) is 0 Å². The summed E-state index contributed by atoms with van der Waals surface area (Å²) in [5, 5.41) is 3.54. The van der Waals surface area contributed by atoms with Gasteiger partial charge in [-0.15, -0.1) is 0 Å². The highest BCUT2D eigenvalue weighted by Crippen LogP contribution is 2.33. The molecule has 0 saturated carbocycles. The van der Waals surface area contributed by atoms with E-state index in [4.69, 9.17) is 18.9 Å². The number of carbonyl (C=O) groups is 1. The summed E-state index contributed by atoms with van der Waals surface area (Å²) in [5.41, 5.74) is 0.840. The molecule has 3 aromatic heterocycles. The van der Waals surface area contributed by atoms with Crippen molar-refractivity contribution >= 4 is 38.4 Å². The van der Waals surface area contributed by atoms with Crippen molar-refractivity contribution in [2.45, 2.75) is 6.54 Å². The summed E-state index contributed by atoms with van der Waals surface area (Å²) in [5.74, 6) is 0.598. The van der Waals surface area contributed by atoms with Gasteiger partial charge in [-0.1, -0.05) is 23.5 Å². The van der Waals surface area contributed by atoms with Crippen LogP contribution in [0.15, 0.2) is 51.9 Å². The Balaban J connectivity index is 1.54.